The number of rotatable bonds is 12. The van der Waals surface area contributed by atoms with Gasteiger partial charge in [0.2, 0.25) is 0 Å². The van der Waals surface area contributed by atoms with Gasteiger partial charge in [0.1, 0.15) is 12.4 Å². The van der Waals surface area contributed by atoms with Gasteiger partial charge in [-0.05, 0) is 18.1 Å². The molecule has 1 unspecified atom stereocenters. The average molecular weight is 397 g/mol. The number of Topliss-reactive ketones (excluding diaryl/α,β-unsaturated/α-hetero) is 1. The van der Waals surface area contributed by atoms with E-state index in [1.54, 1.807) is 0 Å². The average Bonchev–Trinajstić information content (AvgIpc) is 2.71. The topological polar surface area (TPSA) is 84.9 Å². The molecule has 0 bridgehead atoms. The molecule has 29 heavy (non-hydrogen) atoms. The number of hydrogen-bond acceptors (Lipinski definition) is 5. The minimum Gasteiger partial charge on any atom is -0.477 e. The molecule has 0 spiro atoms. The van der Waals surface area contributed by atoms with E-state index in [-0.39, 0.29) is 24.9 Å². The molecule has 0 aliphatic carbocycles. The van der Waals surface area contributed by atoms with Crippen LogP contribution in [0.15, 0.2) is 71.9 Å². The lowest BCUT2D eigenvalue weighted by Crippen LogP contribution is -2.28. The lowest BCUT2D eigenvalue weighted by atomic mass is 10.00. The number of hydrogen-bond donors (Lipinski definition) is 2. The number of carbonyl (C=O) groups excluding carboxylic acids is 1. The van der Waals surface area contributed by atoms with E-state index in [2.05, 4.69) is 5.32 Å². The van der Waals surface area contributed by atoms with Crippen LogP contribution in [0.5, 0.6) is 0 Å². The molecule has 1 atom stereocenters. The lowest BCUT2D eigenvalue weighted by molar-refractivity contribution is -0.134. The van der Waals surface area contributed by atoms with Crippen LogP contribution in [-0.2, 0) is 32.2 Å². The number of ether oxygens (including phenoxy) is 2. The first-order valence-corrected chi connectivity index (χ1v) is 9.44. The van der Waals surface area contributed by atoms with Crippen molar-refractivity contribution in [2.75, 3.05) is 13.4 Å². The first-order chi connectivity index (χ1) is 14.0. The summed E-state index contributed by atoms with van der Waals surface area (Å²) in [6.45, 7) is 4.21. The summed E-state index contributed by atoms with van der Waals surface area (Å²) in [5.74, 6) is -2.07. The van der Waals surface area contributed by atoms with Crippen molar-refractivity contribution in [1.29, 1.82) is 0 Å². The van der Waals surface area contributed by atoms with E-state index >= 15 is 0 Å². The van der Waals surface area contributed by atoms with Crippen LogP contribution in [0.3, 0.4) is 0 Å². The van der Waals surface area contributed by atoms with Crippen molar-refractivity contribution in [3.63, 3.8) is 0 Å². The molecule has 0 aliphatic heterocycles. The maximum atomic E-state index is 11.9. The van der Waals surface area contributed by atoms with E-state index < -0.39 is 11.8 Å². The third-order valence-electron chi connectivity index (χ3n) is 4.30. The standard InChI is InChI=1S/C23H27NO5/c1-17(14-28-16-29-15-20-11-7-4-8-12-20)22(21(18(2)25)23(26)27)24-13-19-9-5-3-6-10-19/h3-12,17,24H,13-16H2,1-2H3,(H,26,27). The van der Waals surface area contributed by atoms with Gasteiger partial charge in [-0.1, -0.05) is 67.6 Å². The van der Waals surface area contributed by atoms with Crippen LogP contribution in [0.4, 0.5) is 0 Å². The van der Waals surface area contributed by atoms with Crippen LogP contribution in [0.2, 0.25) is 0 Å². The van der Waals surface area contributed by atoms with Crippen LogP contribution in [-0.4, -0.2) is 30.3 Å². The Morgan fingerprint density at radius 1 is 0.966 bits per heavy atom. The van der Waals surface area contributed by atoms with Crippen molar-refractivity contribution in [1.82, 2.24) is 5.32 Å². The van der Waals surface area contributed by atoms with E-state index in [0.29, 0.717) is 18.8 Å². The molecule has 0 saturated carbocycles. The molecular formula is C23H27NO5. The second kappa shape index (κ2) is 11.8. The molecule has 0 heterocycles. The van der Waals surface area contributed by atoms with E-state index in [1.807, 2.05) is 67.6 Å². The number of carboxylic acid groups (broad SMARTS) is 1. The molecule has 154 valence electrons. The van der Waals surface area contributed by atoms with Crippen LogP contribution in [0.25, 0.3) is 0 Å². The van der Waals surface area contributed by atoms with Gasteiger partial charge in [0, 0.05) is 18.2 Å². The Bertz CT molecular complexity index is 802. The summed E-state index contributed by atoms with van der Waals surface area (Å²) in [4.78, 5) is 23.6. The zero-order valence-electron chi connectivity index (χ0n) is 16.8. The summed E-state index contributed by atoms with van der Waals surface area (Å²) in [7, 11) is 0. The minimum atomic E-state index is -1.25. The molecule has 0 fully saturated rings. The van der Waals surface area contributed by atoms with E-state index in [0.717, 1.165) is 11.1 Å². The largest absolute Gasteiger partial charge is 0.477 e. The van der Waals surface area contributed by atoms with Crippen molar-refractivity contribution in [2.24, 2.45) is 5.92 Å². The maximum absolute atomic E-state index is 11.9. The van der Waals surface area contributed by atoms with Crippen molar-refractivity contribution >= 4 is 11.8 Å². The monoisotopic (exact) mass is 397 g/mol. The summed E-state index contributed by atoms with van der Waals surface area (Å²) in [6, 6.07) is 19.3. The Kier molecular flexibility index (Phi) is 9.08. The van der Waals surface area contributed by atoms with Gasteiger partial charge in [0.15, 0.2) is 5.78 Å². The smallest absolute Gasteiger partial charge is 0.341 e. The number of nitrogens with one attached hydrogen (secondary N) is 1. The van der Waals surface area contributed by atoms with Gasteiger partial charge in [-0.3, -0.25) is 4.79 Å². The molecular weight excluding hydrogens is 370 g/mol. The zero-order chi connectivity index (χ0) is 21.1. The quantitative estimate of drug-likeness (QED) is 0.187. The van der Waals surface area contributed by atoms with Gasteiger partial charge in [0.05, 0.1) is 13.2 Å². The lowest BCUT2D eigenvalue weighted by Gasteiger charge is -2.20. The molecule has 2 N–H and O–H groups in total. The Morgan fingerprint density at radius 2 is 1.55 bits per heavy atom. The number of carboxylic acids is 1. The van der Waals surface area contributed by atoms with Gasteiger partial charge < -0.3 is 19.9 Å². The van der Waals surface area contributed by atoms with Gasteiger partial charge in [-0.25, -0.2) is 4.79 Å². The highest BCUT2D eigenvalue weighted by Gasteiger charge is 2.23. The molecule has 6 nitrogen and oxygen atoms in total. The fourth-order valence-corrected chi connectivity index (χ4v) is 2.86. The third-order valence-corrected chi connectivity index (χ3v) is 4.30. The van der Waals surface area contributed by atoms with E-state index in [9.17, 15) is 14.7 Å². The summed E-state index contributed by atoms with van der Waals surface area (Å²) in [5, 5.41) is 12.6. The predicted octanol–water partition coefficient (Wildman–Crippen LogP) is 3.53. The molecule has 0 radical (unpaired) electrons. The Hall–Kier alpha value is -2.96. The van der Waals surface area contributed by atoms with Gasteiger partial charge in [0.25, 0.3) is 0 Å². The summed E-state index contributed by atoms with van der Waals surface area (Å²) in [5.41, 5.74) is 2.13. The summed E-state index contributed by atoms with van der Waals surface area (Å²) < 4.78 is 11.1. The van der Waals surface area contributed by atoms with Crippen molar-refractivity contribution in [2.45, 2.75) is 27.0 Å². The second-order valence-corrected chi connectivity index (χ2v) is 6.71. The summed E-state index contributed by atoms with van der Waals surface area (Å²) >= 11 is 0. The van der Waals surface area contributed by atoms with Crippen molar-refractivity contribution < 1.29 is 24.2 Å². The molecule has 0 aromatic heterocycles. The Balaban J connectivity index is 1.96. The highest BCUT2D eigenvalue weighted by Crippen LogP contribution is 2.16. The number of benzene rings is 2. The number of carbonyl (C=O) groups is 2. The van der Waals surface area contributed by atoms with Crippen LogP contribution < -0.4 is 5.32 Å². The Labute approximate surface area is 171 Å². The van der Waals surface area contributed by atoms with Gasteiger partial charge >= 0.3 is 5.97 Å². The van der Waals surface area contributed by atoms with E-state index in [4.69, 9.17) is 9.47 Å². The SMILES string of the molecule is CC(=O)C(C(=O)O)=C(NCc1ccccc1)C(C)COCOCc1ccccc1. The molecule has 2 rings (SSSR count). The first kappa shape index (κ1) is 22.3. The minimum absolute atomic E-state index is 0.0771. The molecule has 0 saturated heterocycles. The molecule has 0 amide bonds. The molecule has 2 aromatic carbocycles. The predicted molar refractivity (Wildman–Crippen MR) is 110 cm³/mol. The Morgan fingerprint density at radius 3 is 2.10 bits per heavy atom. The maximum Gasteiger partial charge on any atom is 0.341 e. The first-order valence-electron chi connectivity index (χ1n) is 9.44. The highest BCUT2D eigenvalue weighted by molar-refractivity contribution is 6.16. The van der Waals surface area contributed by atoms with Crippen molar-refractivity contribution in [3.05, 3.63) is 83.1 Å². The van der Waals surface area contributed by atoms with Crippen molar-refractivity contribution in [3.8, 4) is 0 Å². The fraction of sp³-hybridized carbons (Fsp3) is 0.304. The van der Waals surface area contributed by atoms with E-state index in [1.165, 1.54) is 6.92 Å². The molecule has 2 aromatic rings. The van der Waals surface area contributed by atoms with Crippen LogP contribution in [0, 0.1) is 5.92 Å². The highest BCUT2D eigenvalue weighted by atomic mass is 16.7. The van der Waals surface area contributed by atoms with Gasteiger partial charge in [-0.2, -0.15) is 0 Å². The van der Waals surface area contributed by atoms with Gasteiger partial charge in [-0.15, -0.1) is 0 Å². The number of ketones is 1. The number of aliphatic carboxylic acids is 1. The second-order valence-electron chi connectivity index (χ2n) is 6.71. The van der Waals surface area contributed by atoms with Crippen LogP contribution >= 0.6 is 0 Å². The van der Waals surface area contributed by atoms with Crippen LogP contribution in [0.1, 0.15) is 25.0 Å². The molecule has 0 aliphatic rings. The fourth-order valence-electron chi connectivity index (χ4n) is 2.86. The normalized spacial score (nSPS) is 12.8. The third kappa shape index (κ3) is 7.52. The molecule has 6 heteroatoms. The summed E-state index contributed by atoms with van der Waals surface area (Å²) in [6.07, 6.45) is 0. The zero-order valence-corrected chi connectivity index (χ0v) is 16.8.